The first kappa shape index (κ1) is 19.4. The van der Waals surface area contributed by atoms with E-state index < -0.39 is 5.63 Å². The fraction of sp³-hybridized carbons (Fsp3) is 0.350. The largest absolute Gasteiger partial charge is 0.493 e. The van der Waals surface area contributed by atoms with Crippen molar-refractivity contribution in [2.24, 2.45) is 0 Å². The normalized spacial score (nSPS) is 10.8. The van der Waals surface area contributed by atoms with E-state index in [0.29, 0.717) is 42.0 Å². The minimum atomic E-state index is -0.458. The molecule has 26 heavy (non-hydrogen) atoms. The average Bonchev–Trinajstić information content (AvgIpc) is 2.65. The Hall–Kier alpha value is -2.89. The molecule has 6 heteroatoms. The van der Waals surface area contributed by atoms with Gasteiger partial charge in [-0.1, -0.05) is 13.0 Å². The minimum absolute atomic E-state index is 0.399. The van der Waals surface area contributed by atoms with Gasteiger partial charge in [0.05, 0.1) is 33.5 Å². The lowest BCUT2D eigenvalue weighted by atomic mass is 10.1. The van der Waals surface area contributed by atoms with E-state index in [1.54, 1.807) is 32.4 Å². The van der Waals surface area contributed by atoms with E-state index >= 15 is 0 Å². The van der Waals surface area contributed by atoms with Crippen molar-refractivity contribution in [3.8, 4) is 23.0 Å². The van der Waals surface area contributed by atoms with Crippen molar-refractivity contribution in [3.05, 3.63) is 46.0 Å². The molecule has 0 atom stereocenters. The molecule has 0 fully saturated rings. The SMILES string of the molecule is CCCOc1cc(/C=C/c2cc(OC)c(OCC)c(OC)c2)oc(=O)c1. The Bertz CT molecular complexity index is 781. The molecule has 6 nitrogen and oxygen atoms in total. The van der Waals surface area contributed by atoms with Crippen molar-refractivity contribution in [1.82, 2.24) is 0 Å². The number of ether oxygens (including phenoxy) is 4. The predicted octanol–water partition coefficient (Wildman–Crippen LogP) is 4.01. The van der Waals surface area contributed by atoms with E-state index in [1.807, 2.05) is 26.0 Å². The summed E-state index contributed by atoms with van der Waals surface area (Å²) in [7, 11) is 3.14. The van der Waals surface area contributed by atoms with Gasteiger partial charge in [-0.15, -0.1) is 0 Å². The van der Waals surface area contributed by atoms with Gasteiger partial charge in [0.25, 0.3) is 0 Å². The van der Waals surface area contributed by atoms with Gasteiger partial charge in [-0.3, -0.25) is 0 Å². The molecular weight excluding hydrogens is 336 g/mol. The summed E-state index contributed by atoms with van der Waals surface area (Å²) in [6.07, 6.45) is 4.34. The average molecular weight is 360 g/mol. The van der Waals surface area contributed by atoms with Crippen molar-refractivity contribution in [3.63, 3.8) is 0 Å². The maximum Gasteiger partial charge on any atom is 0.339 e. The first-order chi connectivity index (χ1) is 12.6. The lowest BCUT2D eigenvalue weighted by Crippen LogP contribution is -2.02. The Labute approximate surface area is 153 Å². The van der Waals surface area contributed by atoms with Gasteiger partial charge < -0.3 is 23.4 Å². The van der Waals surface area contributed by atoms with Crippen LogP contribution in [0.1, 0.15) is 31.6 Å². The molecule has 0 aliphatic carbocycles. The van der Waals surface area contributed by atoms with Gasteiger partial charge in [0, 0.05) is 6.07 Å². The lowest BCUT2D eigenvalue weighted by molar-refractivity contribution is 0.288. The van der Waals surface area contributed by atoms with E-state index in [0.717, 1.165) is 12.0 Å². The lowest BCUT2D eigenvalue weighted by Gasteiger charge is -2.14. The molecule has 0 aliphatic rings. The number of methoxy groups -OCH3 is 2. The van der Waals surface area contributed by atoms with Gasteiger partial charge in [-0.2, -0.15) is 0 Å². The Balaban J connectivity index is 2.32. The fourth-order valence-corrected chi connectivity index (χ4v) is 2.32. The zero-order chi connectivity index (χ0) is 18.9. The van der Waals surface area contributed by atoms with Crippen LogP contribution in [-0.4, -0.2) is 27.4 Å². The van der Waals surface area contributed by atoms with Crippen LogP contribution in [-0.2, 0) is 0 Å². The summed E-state index contributed by atoms with van der Waals surface area (Å²) in [6.45, 7) is 4.93. The van der Waals surface area contributed by atoms with Crippen LogP contribution in [0.25, 0.3) is 12.2 Å². The van der Waals surface area contributed by atoms with Crippen molar-refractivity contribution in [2.75, 3.05) is 27.4 Å². The molecule has 0 saturated carbocycles. The van der Waals surface area contributed by atoms with Crippen molar-refractivity contribution in [1.29, 1.82) is 0 Å². The second-order valence-electron chi connectivity index (χ2n) is 5.38. The number of hydrogen-bond acceptors (Lipinski definition) is 6. The third-order valence-electron chi connectivity index (χ3n) is 3.45. The summed E-state index contributed by atoms with van der Waals surface area (Å²) in [5.41, 5.74) is 0.352. The molecular formula is C20H24O6. The van der Waals surface area contributed by atoms with Crippen LogP contribution in [0.4, 0.5) is 0 Å². The Morgan fingerprint density at radius 3 is 2.23 bits per heavy atom. The van der Waals surface area contributed by atoms with Crippen molar-refractivity contribution in [2.45, 2.75) is 20.3 Å². The molecule has 0 bridgehead atoms. The van der Waals surface area contributed by atoms with Gasteiger partial charge in [-0.25, -0.2) is 4.79 Å². The highest BCUT2D eigenvalue weighted by atomic mass is 16.5. The van der Waals surface area contributed by atoms with Gasteiger partial charge in [0.2, 0.25) is 5.75 Å². The number of rotatable bonds is 9. The highest BCUT2D eigenvalue weighted by molar-refractivity contribution is 5.71. The standard InChI is InChI=1S/C20H24O6/c1-5-9-25-16-12-15(26-19(21)13-16)8-7-14-10-17(22-3)20(24-6-2)18(11-14)23-4/h7-8,10-13H,5-6,9H2,1-4H3/b8-7+. The van der Waals surface area contributed by atoms with Gasteiger partial charge in [0.1, 0.15) is 11.5 Å². The van der Waals surface area contributed by atoms with E-state index in [2.05, 4.69) is 0 Å². The van der Waals surface area contributed by atoms with E-state index in [1.165, 1.54) is 6.07 Å². The molecule has 0 spiro atoms. The number of benzene rings is 1. The summed E-state index contributed by atoms with van der Waals surface area (Å²) in [6, 6.07) is 6.64. The molecule has 0 N–H and O–H groups in total. The maximum absolute atomic E-state index is 11.7. The predicted molar refractivity (Wildman–Crippen MR) is 100 cm³/mol. The van der Waals surface area contributed by atoms with E-state index in [4.69, 9.17) is 23.4 Å². The summed E-state index contributed by atoms with van der Waals surface area (Å²) in [5.74, 6) is 2.57. The minimum Gasteiger partial charge on any atom is -0.493 e. The van der Waals surface area contributed by atoms with E-state index in [9.17, 15) is 4.79 Å². The van der Waals surface area contributed by atoms with Crippen molar-refractivity contribution >= 4 is 12.2 Å². The van der Waals surface area contributed by atoms with Crippen molar-refractivity contribution < 1.29 is 23.4 Å². The highest BCUT2D eigenvalue weighted by Crippen LogP contribution is 2.39. The Morgan fingerprint density at radius 1 is 0.962 bits per heavy atom. The zero-order valence-electron chi connectivity index (χ0n) is 15.5. The molecule has 140 valence electrons. The fourth-order valence-electron chi connectivity index (χ4n) is 2.32. The zero-order valence-corrected chi connectivity index (χ0v) is 15.5. The first-order valence-electron chi connectivity index (χ1n) is 8.46. The van der Waals surface area contributed by atoms with Gasteiger partial charge >= 0.3 is 5.63 Å². The molecule has 1 aromatic carbocycles. The molecule has 0 unspecified atom stereocenters. The van der Waals surface area contributed by atoms with Crippen LogP contribution in [0.3, 0.4) is 0 Å². The third-order valence-corrected chi connectivity index (χ3v) is 3.45. The monoisotopic (exact) mass is 360 g/mol. The second kappa shape index (κ2) is 9.56. The van der Waals surface area contributed by atoms with Gasteiger partial charge in [0.15, 0.2) is 11.5 Å². The molecule has 0 aliphatic heterocycles. The highest BCUT2D eigenvalue weighted by Gasteiger charge is 2.13. The topological polar surface area (TPSA) is 67.1 Å². The summed E-state index contributed by atoms with van der Waals surface area (Å²) >= 11 is 0. The summed E-state index contributed by atoms with van der Waals surface area (Å²) in [5, 5.41) is 0. The van der Waals surface area contributed by atoms with Crippen LogP contribution in [0.5, 0.6) is 23.0 Å². The Morgan fingerprint density at radius 2 is 1.65 bits per heavy atom. The first-order valence-corrected chi connectivity index (χ1v) is 8.46. The van der Waals surface area contributed by atoms with Crippen LogP contribution in [0.2, 0.25) is 0 Å². The second-order valence-corrected chi connectivity index (χ2v) is 5.38. The molecule has 1 aromatic heterocycles. The van der Waals surface area contributed by atoms with Crippen LogP contribution in [0.15, 0.2) is 33.5 Å². The molecule has 2 aromatic rings. The molecule has 0 radical (unpaired) electrons. The number of hydrogen-bond donors (Lipinski definition) is 0. The van der Waals surface area contributed by atoms with Crippen LogP contribution in [0, 0.1) is 0 Å². The Kier molecular flexibility index (Phi) is 7.14. The molecule has 2 rings (SSSR count). The summed E-state index contributed by atoms with van der Waals surface area (Å²) in [4.78, 5) is 11.7. The summed E-state index contributed by atoms with van der Waals surface area (Å²) < 4.78 is 27.0. The smallest absolute Gasteiger partial charge is 0.339 e. The third kappa shape index (κ3) is 5.05. The quantitative estimate of drug-likeness (QED) is 0.673. The maximum atomic E-state index is 11.7. The van der Waals surface area contributed by atoms with Crippen LogP contribution >= 0.6 is 0 Å². The molecule has 0 saturated heterocycles. The van der Waals surface area contributed by atoms with Gasteiger partial charge in [-0.05, 0) is 37.1 Å². The molecule has 1 heterocycles. The van der Waals surface area contributed by atoms with Crippen LogP contribution < -0.4 is 24.6 Å². The van der Waals surface area contributed by atoms with E-state index in [-0.39, 0.29) is 0 Å². The molecule has 0 amide bonds.